The van der Waals surface area contributed by atoms with Gasteiger partial charge in [0.2, 0.25) is 5.75 Å². The van der Waals surface area contributed by atoms with Crippen molar-refractivity contribution in [3.63, 3.8) is 0 Å². The molecule has 1 heterocycles. The second-order valence-electron chi connectivity index (χ2n) is 25.2. The van der Waals surface area contributed by atoms with Crippen LogP contribution in [0.2, 0.25) is 36.3 Å². The third-order valence-electron chi connectivity index (χ3n) is 16.6. The average molecular weight is 1080 g/mol. The third kappa shape index (κ3) is 27.5. The third-order valence-corrected chi connectivity index (χ3v) is 25.7. The molecule has 0 N–H and O–H groups in total. The van der Waals surface area contributed by atoms with E-state index in [1.165, 1.54) is 116 Å². The average Bonchev–Trinajstić information content (AvgIpc) is 3.34. The van der Waals surface area contributed by atoms with E-state index in [-0.39, 0.29) is 28.9 Å². The lowest BCUT2D eigenvalue weighted by Crippen LogP contribution is -2.50. The number of carbonyl (C=O) groups excluding carboxylic acids is 2. The van der Waals surface area contributed by atoms with Crippen molar-refractivity contribution in [1.29, 1.82) is 0 Å². The summed E-state index contributed by atoms with van der Waals surface area (Å²) in [5, 5.41) is 0.172. The van der Waals surface area contributed by atoms with Gasteiger partial charge in [0.25, 0.3) is 0 Å². The number of ether oxygens (including phenoxy) is 4. The zero-order valence-corrected chi connectivity index (χ0v) is 52.9. The van der Waals surface area contributed by atoms with E-state index in [9.17, 15) is 9.59 Å². The molecule has 3 unspecified atom stereocenters. The lowest BCUT2D eigenvalue weighted by molar-refractivity contribution is -0.112. The van der Waals surface area contributed by atoms with Crippen LogP contribution < -0.4 is 14.2 Å². The molecule has 1 aliphatic rings. The maximum absolute atomic E-state index is 13.3. The van der Waals surface area contributed by atoms with Crippen LogP contribution in [0.4, 0.5) is 0 Å². The number of benzene rings is 1. The predicted octanol–water partition coefficient (Wildman–Crippen LogP) is 15.4. The van der Waals surface area contributed by atoms with Gasteiger partial charge in [-0.05, 0) is 81.3 Å². The SMILES string of the molecule is CCCCCCCCCCCCC(CN(CCC(C=O)COc1c(OC)cc(C(=O)OCCN2CCN(C)CC2)cc1OC)CC(CCCCCCCCCCCC)O[Si](C)(C)C(C)(C)C)O[Si](C)(C)C(C)(C)C. The van der Waals surface area contributed by atoms with Gasteiger partial charge in [-0.25, -0.2) is 4.79 Å². The molecule has 1 aliphatic heterocycles. The minimum absolute atomic E-state index is 0.0858. The van der Waals surface area contributed by atoms with E-state index in [0.29, 0.717) is 48.9 Å². The van der Waals surface area contributed by atoms with Crippen molar-refractivity contribution >= 4 is 28.9 Å². The summed E-state index contributed by atoms with van der Waals surface area (Å²) in [6.45, 7) is 35.6. The van der Waals surface area contributed by atoms with Gasteiger partial charge in [-0.3, -0.25) is 9.80 Å². The molecule has 2 rings (SSSR count). The van der Waals surface area contributed by atoms with Crippen LogP contribution in [-0.2, 0) is 18.4 Å². The van der Waals surface area contributed by atoms with Crippen molar-refractivity contribution < 1.29 is 37.4 Å². The van der Waals surface area contributed by atoms with Crippen molar-refractivity contribution in [1.82, 2.24) is 14.7 Å². The number of likely N-dealkylation sites (N-methyl/N-ethyl adjacent to an activating group) is 1. The summed E-state index contributed by atoms with van der Waals surface area (Å²) in [6, 6.07) is 3.28. The molecule has 0 aromatic heterocycles. The number of aldehydes is 1. The number of hydrogen-bond acceptors (Lipinski definition) is 11. The highest BCUT2D eigenvalue weighted by Gasteiger charge is 2.41. The van der Waals surface area contributed by atoms with Crippen LogP contribution in [0.5, 0.6) is 17.2 Å². The van der Waals surface area contributed by atoms with Crippen LogP contribution in [0.3, 0.4) is 0 Å². The Bertz CT molecular complexity index is 1540. The molecule has 0 saturated carbocycles. The maximum atomic E-state index is 13.3. The van der Waals surface area contributed by atoms with E-state index in [1.54, 1.807) is 26.4 Å². The number of esters is 1. The normalized spacial score (nSPS) is 15.6. The first-order valence-electron chi connectivity index (χ1n) is 30.1. The molecule has 11 nitrogen and oxygen atoms in total. The van der Waals surface area contributed by atoms with Gasteiger partial charge in [0.1, 0.15) is 12.9 Å². The maximum Gasteiger partial charge on any atom is 0.338 e. The highest BCUT2D eigenvalue weighted by atomic mass is 28.4. The summed E-state index contributed by atoms with van der Waals surface area (Å²) in [4.78, 5) is 33.5. The molecule has 13 heteroatoms. The first-order chi connectivity index (χ1) is 35.1. The molecule has 3 atom stereocenters. The van der Waals surface area contributed by atoms with Gasteiger partial charge in [0.05, 0.1) is 38.6 Å². The second kappa shape index (κ2) is 37.0. The van der Waals surface area contributed by atoms with Crippen LogP contribution >= 0.6 is 0 Å². The monoisotopic (exact) mass is 1080 g/mol. The number of piperazine rings is 1. The molecule has 1 aromatic carbocycles. The minimum atomic E-state index is -2.11. The van der Waals surface area contributed by atoms with Crippen LogP contribution in [0.25, 0.3) is 0 Å². The van der Waals surface area contributed by atoms with Crippen molar-refractivity contribution in [2.75, 3.05) is 86.8 Å². The van der Waals surface area contributed by atoms with Gasteiger partial charge in [-0.15, -0.1) is 0 Å². The molecule has 432 valence electrons. The number of methoxy groups -OCH3 is 2. The Labute approximate surface area is 458 Å². The molecule has 1 saturated heterocycles. The summed E-state index contributed by atoms with van der Waals surface area (Å²) < 4.78 is 38.5. The predicted molar refractivity (Wildman–Crippen MR) is 317 cm³/mol. The summed E-state index contributed by atoms with van der Waals surface area (Å²) in [5.41, 5.74) is 0.326. The van der Waals surface area contributed by atoms with Crippen molar-refractivity contribution in [2.45, 2.75) is 252 Å². The first kappa shape index (κ1) is 68.1. The van der Waals surface area contributed by atoms with Gasteiger partial charge in [-0.2, -0.15) is 0 Å². The Balaban J connectivity index is 2.36. The second-order valence-corrected chi connectivity index (χ2v) is 34.7. The fraction of sp³-hybridized carbons (Fsp3) is 0.869. The molecule has 0 radical (unpaired) electrons. The highest BCUT2D eigenvalue weighted by Crippen LogP contribution is 2.41. The van der Waals surface area contributed by atoms with Crippen molar-refractivity contribution in [2.24, 2.45) is 5.92 Å². The molecule has 0 bridgehead atoms. The van der Waals surface area contributed by atoms with E-state index < -0.39 is 28.5 Å². The molecule has 0 spiro atoms. The summed E-state index contributed by atoms with van der Waals surface area (Å²) in [5.74, 6) is 0.246. The number of unbranched alkanes of at least 4 members (excludes halogenated alkanes) is 18. The van der Waals surface area contributed by atoms with Crippen LogP contribution in [0.1, 0.15) is 213 Å². The largest absolute Gasteiger partial charge is 0.493 e. The van der Waals surface area contributed by atoms with Gasteiger partial charge < -0.3 is 37.5 Å². The standard InChI is InChI=1S/C61H117N3O8Si2/c1-16-18-20-22-24-26-28-30-32-34-36-54(71-73(12,13)60(3,4)5)48-64(49-55(72-74(14,15)61(6,7)8)37-35-33-31-29-27-25-23-21-19-17-2)39-38-52(50-65)51-70-58-56(67-10)46-53(47-57(58)68-11)59(66)69-45-44-63-42-40-62(9)41-43-63/h46-47,50,52,54-55H,16-45,48-49,51H2,1-15H3. The topological polar surface area (TPSA) is 99.2 Å². The van der Waals surface area contributed by atoms with Gasteiger partial charge in [0, 0.05) is 51.7 Å². The fourth-order valence-corrected chi connectivity index (χ4v) is 12.2. The van der Waals surface area contributed by atoms with Gasteiger partial charge >= 0.3 is 5.97 Å². The van der Waals surface area contributed by atoms with E-state index in [0.717, 1.165) is 71.2 Å². The molecular formula is C61H117N3O8Si2. The molecule has 0 aliphatic carbocycles. The Kier molecular flexibility index (Phi) is 34.0. The Morgan fingerprint density at radius 1 is 0.635 bits per heavy atom. The minimum Gasteiger partial charge on any atom is -0.493 e. The van der Waals surface area contributed by atoms with Crippen LogP contribution in [0, 0.1) is 5.92 Å². The van der Waals surface area contributed by atoms with Crippen molar-refractivity contribution in [3.8, 4) is 17.2 Å². The van der Waals surface area contributed by atoms with E-state index in [2.05, 4.69) is 103 Å². The lowest BCUT2D eigenvalue weighted by Gasteiger charge is -2.43. The number of hydrogen-bond donors (Lipinski definition) is 0. The van der Waals surface area contributed by atoms with Gasteiger partial charge in [-0.1, -0.05) is 184 Å². The van der Waals surface area contributed by atoms with Crippen molar-refractivity contribution in [3.05, 3.63) is 17.7 Å². The first-order valence-corrected chi connectivity index (χ1v) is 35.9. The number of nitrogens with zero attached hydrogens (tertiary/aromatic N) is 3. The summed E-state index contributed by atoms with van der Waals surface area (Å²) in [7, 11) is 1.00. The molecule has 74 heavy (non-hydrogen) atoms. The fourth-order valence-electron chi connectivity index (χ4n) is 9.41. The van der Waals surface area contributed by atoms with Gasteiger partial charge in [0.15, 0.2) is 28.1 Å². The number of carbonyl (C=O) groups is 2. The number of rotatable bonds is 43. The van der Waals surface area contributed by atoms with Crippen LogP contribution in [-0.4, -0.2) is 143 Å². The molecular weight excluding hydrogens is 959 g/mol. The lowest BCUT2D eigenvalue weighted by atomic mass is 10.0. The summed E-state index contributed by atoms with van der Waals surface area (Å²) >= 11 is 0. The Morgan fingerprint density at radius 2 is 1.04 bits per heavy atom. The zero-order valence-electron chi connectivity index (χ0n) is 50.9. The van der Waals surface area contributed by atoms with E-state index in [4.69, 9.17) is 27.8 Å². The summed E-state index contributed by atoms with van der Waals surface area (Å²) in [6.07, 6.45) is 30.1. The van der Waals surface area contributed by atoms with Crippen LogP contribution in [0.15, 0.2) is 12.1 Å². The smallest absolute Gasteiger partial charge is 0.338 e. The molecule has 1 aromatic rings. The van der Waals surface area contributed by atoms with E-state index >= 15 is 0 Å². The molecule has 1 fully saturated rings. The molecule has 0 amide bonds. The zero-order chi connectivity index (χ0) is 55.0. The quantitative estimate of drug-likeness (QED) is 0.0271. The van der Waals surface area contributed by atoms with E-state index in [1.807, 2.05) is 0 Å². The highest BCUT2D eigenvalue weighted by molar-refractivity contribution is 6.74. The Hall–Kier alpha value is -2.01. The Morgan fingerprint density at radius 3 is 1.42 bits per heavy atom.